The van der Waals surface area contributed by atoms with Gasteiger partial charge in [0.1, 0.15) is 12.4 Å². The third kappa shape index (κ3) is 3.82. The van der Waals surface area contributed by atoms with Crippen molar-refractivity contribution in [3.05, 3.63) is 48.6 Å². The third-order valence-corrected chi connectivity index (χ3v) is 3.00. The molecule has 0 bridgehead atoms. The van der Waals surface area contributed by atoms with Gasteiger partial charge in [-0.25, -0.2) is 5.43 Å². The molecule has 1 N–H and O–H groups in total. The lowest BCUT2D eigenvalue weighted by atomic mass is 9.99. The number of hydrogen-bond acceptors (Lipinski definition) is 3. The molecule has 1 aromatic rings. The van der Waals surface area contributed by atoms with Crippen molar-refractivity contribution in [2.75, 3.05) is 6.61 Å². The van der Waals surface area contributed by atoms with Gasteiger partial charge in [-0.15, -0.1) is 0 Å². The molecule has 0 radical (unpaired) electrons. The van der Waals surface area contributed by atoms with E-state index in [1.807, 2.05) is 43.3 Å². The summed E-state index contributed by atoms with van der Waals surface area (Å²) in [7, 11) is 0. The number of ether oxygens (including phenoxy) is 1. The van der Waals surface area contributed by atoms with Gasteiger partial charge in [0.05, 0.1) is 5.71 Å². The Morgan fingerprint density at radius 1 is 1.40 bits per heavy atom. The SMILES string of the molecule is C=CCOc1ccc(C=CC2=NNC(=O)CC2C)cc1. The van der Waals surface area contributed by atoms with Crippen LogP contribution in [0.25, 0.3) is 6.08 Å². The summed E-state index contributed by atoms with van der Waals surface area (Å²) >= 11 is 0. The van der Waals surface area contributed by atoms with Crippen molar-refractivity contribution in [3.63, 3.8) is 0 Å². The van der Waals surface area contributed by atoms with Gasteiger partial charge < -0.3 is 4.74 Å². The number of carbonyl (C=O) groups excluding carboxylic acids is 1. The molecule has 1 heterocycles. The molecule has 104 valence electrons. The van der Waals surface area contributed by atoms with Crippen molar-refractivity contribution in [2.24, 2.45) is 11.0 Å². The van der Waals surface area contributed by atoms with E-state index in [0.29, 0.717) is 13.0 Å². The highest BCUT2D eigenvalue weighted by atomic mass is 16.5. The Bertz CT molecular complexity index is 544. The normalized spacial score (nSPS) is 18.6. The molecule has 1 aliphatic rings. The number of amides is 1. The van der Waals surface area contributed by atoms with Crippen LogP contribution < -0.4 is 10.2 Å². The molecule has 1 unspecified atom stereocenters. The van der Waals surface area contributed by atoms with Crippen LogP contribution in [0, 0.1) is 5.92 Å². The molecule has 1 aliphatic heterocycles. The zero-order valence-electron chi connectivity index (χ0n) is 11.5. The van der Waals surface area contributed by atoms with Crippen LogP contribution in [0.3, 0.4) is 0 Å². The van der Waals surface area contributed by atoms with Gasteiger partial charge in [-0.1, -0.05) is 37.8 Å². The lowest BCUT2D eigenvalue weighted by Gasteiger charge is -2.16. The Balaban J connectivity index is 2.00. The molecule has 4 heteroatoms. The Hall–Kier alpha value is -2.36. The predicted octanol–water partition coefficient (Wildman–Crippen LogP) is 2.78. The van der Waals surface area contributed by atoms with Gasteiger partial charge in [0.15, 0.2) is 0 Å². The number of allylic oxidation sites excluding steroid dienone is 1. The summed E-state index contributed by atoms with van der Waals surface area (Å²) in [6.07, 6.45) is 6.11. The minimum Gasteiger partial charge on any atom is -0.490 e. The Labute approximate surface area is 118 Å². The molecular formula is C16H18N2O2. The van der Waals surface area contributed by atoms with Crippen LogP contribution in [-0.4, -0.2) is 18.2 Å². The van der Waals surface area contributed by atoms with Crippen LogP contribution in [0.1, 0.15) is 18.9 Å². The van der Waals surface area contributed by atoms with Crippen LogP contribution in [0.2, 0.25) is 0 Å². The van der Waals surface area contributed by atoms with E-state index in [1.54, 1.807) is 6.08 Å². The van der Waals surface area contributed by atoms with E-state index in [9.17, 15) is 4.79 Å². The van der Waals surface area contributed by atoms with Gasteiger partial charge in [-0.05, 0) is 23.8 Å². The van der Waals surface area contributed by atoms with Gasteiger partial charge in [-0.3, -0.25) is 4.79 Å². The molecule has 1 aromatic carbocycles. The summed E-state index contributed by atoms with van der Waals surface area (Å²) in [6.45, 7) is 6.11. The molecule has 1 atom stereocenters. The second kappa shape index (κ2) is 6.70. The average molecular weight is 270 g/mol. The smallest absolute Gasteiger partial charge is 0.240 e. The van der Waals surface area contributed by atoms with Gasteiger partial charge in [0.25, 0.3) is 0 Å². The van der Waals surface area contributed by atoms with Crippen molar-refractivity contribution >= 4 is 17.7 Å². The highest BCUT2D eigenvalue weighted by Gasteiger charge is 2.17. The number of nitrogens with zero attached hydrogens (tertiary/aromatic N) is 1. The first-order valence-corrected chi connectivity index (χ1v) is 6.57. The first-order chi connectivity index (χ1) is 9.69. The molecule has 0 aliphatic carbocycles. The fraction of sp³-hybridized carbons (Fsp3) is 0.250. The first kappa shape index (κ1) is 14.1. The molecule has 0 saturated carbocycles. The summed E-state index contributed by atoms with van der Waals surface area (Å²) in [4.78, 5) is 11.2. The van der Waals surface area contributed by atoms with E-state index in [4.69, 9.17) is 4.74 Å². The Morgan fingerprint density at radius 2 is 2.15 bits per heavy atom. The largest absolute Gasteiger partial charge is 0.490 e. The molecule has 0 fully saturated rings. The van der Waals surface area contributed by atoms with E-state index in [2.05, 4.69) is 17.1 Å². The molecular weight excluding hydrogens is 252 g/mol. The summed E-state index contributed by atoms with van der Waals surface area (Å²) in [5.41, 5.74) is 4.44. The second-order valence-corrected chi connectivity index (χ2v) is 4.68. The predicted molar refractivity (Wildman–Crippen MR) is 80.5 cm³/mol. The van der Waals surface area contributed by atoms with E-state index >= 15 is 0 Å². The topological polar surface area (TPSA) is 50.7 Å². The number of hydrazone groups is 1. The lowest BCUT2D eigenvalue weighted by Crippen LogP contribution is -2.30. The van der Waals surface area contributed by atoms with E-state index in [1.165, 1.54) is 0 Å². The standard InChI is InChI=1S/C16H18N2O2/c1-3-10-20-14-7-4-13(5-8-14)6-9-15-12(2)11-16(19)18-17-15/h3-9,12H,1,10-11H2,2H3,(H,18,19). The number of carbonyl (C=O) groups is 1. The van der Waals surface area contributed by atoms with Gasteiger partial charge in [-0.2, -0.15) is 5.10 Å². The van der Waals surface area contributed by atoms with Crippen molar-refractivity contribution in [2.45, 2.75) is 13.3 Å². The van der Waals surface area contributed by atoms with Crippen molar-refractivity contribution in [1.82, 2.24) is 5.43 Å². The second-order valence-electron chi connectivity index (χ2n) is 4.68. The van der Waals surface area contributed by atoms with Crippen LogP contribution in [0.15, 0.2) is 48.1 Å². The third-order valence-electron chi connectivity index (χ3n) is 3.00. The summed E-state index contributed by atoms with van der Waals surface area (Å²) < 4.78 is 5.42. The van der Waals surface area contributed by atoms with E-state index in [0.717, 1.165) is 17.0 Å². The zero-order chi connectivity index (χ0) is 14.4. The number of hydrogen-bond donors (Lipinski definition) is 1. The maximum Gasteiger partial charge on any atom is 0.240 e. The quantitative estimate of drug-likeness (QED) is 0.836. The maximum absolute atomic E-state index is 11.2. The number of benzene rings is 1. The van der Waals surface area contributed by atoms with Gasteiger partial charge in [0, 0.05) is 12.3 Å². The molecule has 0 spiro atoms. The fourth-order valence-corrected chi connectivity index (χ4v) is 1.88. The number of rotatable bonds is 5. The molecule has 20 heavy (non-hydrogen) atoms. The van der Waals surface area contributed by atoms with Crippen molar-refractivity contribution < 1.29 is 9.53 Å². The van der Waals surface area contributed by atoms with Crippen LogP contribution >= 0.6 is 0 Å². The van der Waals surface area contributed by atoms with Crippen LogP contribution in [-0.2, 0) is 4.79 Å². The molecule has 2 rings (SSSR count). The van der Waals surface area contributed by atoms with Crippen LogP contribution in [0.5, 0.6) is 5.75 Å². The lowest BCUT2D eigenvalue weighted by molar-refractivity contribution is -0.121. The molecule has 4 nitrogen and oxygen atoms in total. The summed E-state index contributed by atoms with van der Waals surface area (Å²) in [5, 5.41) is 4.06. The number of nitrogens with one attached hydrogen (secondary N) is 1. The monoisotopic (exact) mass is 270 g/mol. The maximum atomic E-state index is 11.2. The zero-order valence-corrected chi connectivity index (χ0v) is 11.5. The van der Waals surface area contributed by atoms with Gasteiger partial charge >= 0.3 is 0 Å². The van der Waals surface area contributed by atoms with Crippen molar-refractivity contribution in [1.29, 1.82) is 0 Å². The fourth-order valence-electron chi connectivity index (χ4n) is 1.88. The van der Waals surface area contributed by atoms with E-state index in [-0.39, 0.29) is 11.8 Å². The molecule has 1 amide bonds. The Kier molecular flexibility index (Phi) is 4.71. The highest BCUT2D eigenvalue weighted by Crippen LogP contribution is 2.15. The average Bonchev–Trinajstić information content (AvgIpc) is 2.45. The minimum absolute atomic E-state index is 0.0293. The van der Waals surface area contributed by atoms with Crippen molar-refractivity contribution in [3.8, 4) is 5.75 Å². The van der Waals surface area contributed by atoms with Gasteiger partial charge in [0.2, 0.25) is 5.91 Å². The minimum atomic E-state index is -0.0293. The molecule has 0 saturated heterocycles. The summed E-state index contributed by atoms with van der Waals surface area (Å²) in [5.74, 6) is 0.936. The summed E-state index contributed by atoms with van der Waals surface area (Å²) in [6, 6.07) is 7.78. The Morgan fingerprint density at radius 3 is 2.80 bits per heavy atom. The van der Waals surface area contributed by atoms with E-state index < -0.39 is 0 Å². The molecule has 0 aromatic heterocycles. The van der Waals surface area contributed by atoms with Crippen LogP contribution in [0.4, 0.5) is 0 Å². The highest BCUT2D eigenvalue weighted by molar-refractivity contribution is 6.03. The first-order valence-electron chi connectivity index (χ1n) is 6.57.